The number of carbonyl (C=O) groups is 2. The average Bonchev–Trinajstić information content (AvgIpc) is 3.12. The lowest BCUT2D eigenvalue weighted by Gasteiger charge is -2.28. The van der Waals surface area contributed by atoms with Crippen molar-refractivity contribution in [1.82, 2.24) is 0 Å². The standard InChI is InChI=1S/C17H17NO4/c1-11(20)18-14-6-3-2-5-12(14)17(21)16(18)13(8-9-19)15-7-4-10-22-15/h2-7,10,13,16,19H,8-9H2,1H3/t13-,16+/m0/s1. The van der Waals surface area contributed by atoms with E-state index in [1.165, 1.54) is 18.1 Å². The molecule has 1 N–H and O–H groups in total. The number of aliphatic hydroxyl groups excluding tert-OH is 1. The van der Waals surface area contributed by atoms with Gasteiger partial charge in [0.1, 0.15) is 11.8 Å². The smallest absolute Gasteiger partial charge is 0.224 e. The number of fused-ring (bicyclic) bond motifs is 1. The fourth-order valence-corrected chi connectivity index (χ4v) is 3.14. The van der Waals surface area contributed by atoms with Crippen LogP contribution in [0, 0.1) is 0 Å². The van der Waals surface area contributed by atoms with Crippen molar-refractivity contribution < 1.29 is 19.1 Å². The van der Waals surface area contributed by atoms with E-state index in [1.54, 1.807) is 36.4 Å². The van der Waals surface area contributed by atoms with Crippen LogP contribution in [0.4, 0.5) is 5.69 Å². The van der Waals surface area contributed by atoms with Crippen LogP contribution in [0.2, 0.25) is 0 Å². The quantitative estimate of drug-likeness (QED) is 0.941. The van der Waals surface area contributed by atoms with E-state index >= 15 is 0 Å². The molecule has 1 aromatic heterocycles. The summed E-state index contributed by atoms with van der Waals surface area (Å²) in [6.45, 7) is 1.36. The molecule has 2 heterocycles. The van der Waals surface area contributed by atoms with Crippen LogP contribution in [0.3, 0.4) is 0 Å². The maximum atomic E-state index is 12.8. The Bertz CT molecular complexity index is 692. The number of carbonyl (C=O) groups excluding carboxylic acids is 2. The largest absolute Gasteiger partial charge is 0.469 e. The summed E-state index contributed by atoms with van der Waals surface area (Å²) in [6, 6.07) is 9.93. The molecule has 0 spiro atoms. The maximum absolute atomic E-state index is 12.8. The third-order valence-corrected chi connectivity index (χ3v) is 4.04. The predicted molar refractivity (Wildman–Crippen MR) is 80.9 cm³/mol. The summed E-state index contributed by atoms with van der Waals surface area (Å²) >= 11 is 0. The molecule has 0 radical (unpaired) electrons. The van der Waals surface area contributed by atoms with Gasteiger partial charge in [0.2, 0.25) is 5.91 Å². The maximum Gasteiger partial charge on any atom is 0.224 e. The van der Waals surface area contributed by atoms with Crippen LogP contribution in [0.25, 0.3) is 0 Å². The second kappa shape index (κ2) is 5.77. The van der Waals surface area contributed by atoms with Gasteiger partial charge >= 0.3 is 0 Å². The van der Waals surface area contributed by atoms with Crippen molar-refractivity contribution in [3.63, 3.8) is 0 Å². The van der Waals surface area contributed by atoms with Gasteiger partial charge in [0.05, 0.1) is 12.0 Å². The Labute approximate surface area is 128 Å². The highest BCUT2D eigenvalue weighted by Gasteiger charge is 2.44. The molecule has 0 bridgehead atoms. The van der Waals surface area contributed by atoms with Crippen molar-refractivity contribution >= 4 is 17.4 Å². The molecule has 0 saturated heterocycles. The second-order valence-electron chi connectivity index (χ2n) is 5.35. The number of para-hydroxylation sites is 1. The first-order valence-corrected chi connectivity index (χ1v) is 7.22. The number of amides is 1. The van der Waals surface area contributed by atoms with Crippen LogP contribution in [0.5, 0.6) is 0 Å². The molecule has 1 amide bonds. The first-order chi connectivity index (χ1) is 10.6. The molecule has 1 aliphatic heterocycles. The molecule has 0 saturated carbocycles. The number of hydrogen-bond donors (Lipinski definition) is 1. The number of hydrogen-bond acceptors (Lipinski definition) is 4. The molecule has 22 heavy (non-hydrogen) atoms. The normalized spacial score (nSPS) is 18.4. The van der Waals surface area contributed by atoms with E-state index < -0.39 is 6.04 Å². The van der Waals surface area contributed by atoms with Crippen LogP contribution in [0.15, 0.2) is 47.1 Å². The topological polar surface area (TPSA) is 70.8 Å². The Morgan fingerprint density at radius 1 is 1.32 bits per heavy atom. The van der Waals surface area contributed by atoms with Gasteiger partial charge in [-0.3, -0.25) is 9.59 Å². The summed E-state index contributed by atoms with van der Waals surface area (Å²) in [6.07, 6.45) is 1.88. The molecule has 2 atom stereocenters. The Balaban J connectivity index is 2.08. The second-order valence-corrected chi connectivity index (χ2v) is 5.35. The van der Waals surface area contributed by atoms with Crippen LogP contribution in [0.1, 0.15) is 35.4 Å². The molecule has 114 valence electrons. The van der Waals surface area contributed by atoms with Crippen LogP contribution in [-0.2, 0) is 4.79 Å². The lowest BCUT2D eigenvalue weighted by atomic mass is 9.90. The van der Waals surface area contributed by atoms with Crippen molar-refractivity contribution in [1.29, 1.82) is 0 Å². The fraction of sp³-hybridized carbons (Fsp3) is 0.294. The van der Waals surface area contributed by atoms with E-state index in [9.17, 15) is 14.7 Å². The number of anilines is 1. The van der Waals surface area contributed by atoms with E-state index in [0.717, 1.165) is 0 Å². The molecule has 0 unspecified atom stereocenters. The minimum absolute atomic E-state index is 0.0861. The molecular formula is C17H17NO4. The number of aliphatic hydroxyl groups is 1. The van der Waals surface area contributed by atoms with Crippen molar-refractivity contribution in [2.45, 2.75) is 25.3 Å². The van der Waals surface area contributed by atoms with Gasteiger partial charge in [-0.15, -0.1) is 0 Å². The third-order valence-electron chi connectivity index (χ3n) is 4.04. The molecule has 2 aromatic rings. The summed E-state index contributed by atoms with van der Waals surface area (Å²) in [7, 11) is 0. The van der Waals surface area contributed by atoms with E-state index in [4.69, 9.17) is 4.42 Å². The zero-order valence-corrected chi connectivity index (χ0v) is 12.2. The summed E-state index contributed by atoms with van der Waals surface area (Å²) < 4.78 is 5.43. The van der Waals surface area contributed by atoms with Gasteiger partial charge in [-0.1, -0.05) is 12.1 Å². The third kappa shape index (κ3) is 2.23. The van der Waals surface area contributed by atoms with Crippen molar-refractivity contribution in [3.8, 4) is 0 Å². The Morgan fingerprint density at radius 2 is 2.09 bits per heavy atom. The van der Waals surface area contributed by atoms with Gasteiger partial charge < -0.3 is 14.4 Å². The lowest BCUT2D eigenvalue weighted by molar-refractivity contribution is -0.116. The summed E-state index contributed by atoms with van der Waals surface area (Å²) in [5, 5.41) is 9.37. The lowest BCUT2D eigenvalue weighted by Crippen LogP contribution is -2.43. The van der Waals surface area contributed by atoms with E-state index in [1.807, 2.05) is 0 Å². The summed E-state index contributed by atoms with van der Waals surface area (Å²) in [5.41, 5.74) is 1.16. The minimum atomic E-state index is -0.673. The Kier molecular flexibility index (Phi) is 3.81. The number of benzene rings is 1. The first-order valence-electron chi connectivity index (χ1n) is 7.22. The number of rotatable bonds is 4. The summed E-state index contributed by atoms with van der Waals surface area (Å²) in [4.78, 5) is 26.4. The number of furan rings is 1. The highest BCUT2D eigenvalue weighted by Crippen LogP contribution is 2.39. The van der Waals surface area contributed by atoms with Gasteiger partial charge in [-0.25, -0.2) is 0 Å². The minimum Gasteiger partial charge on any atom is -0.469 e. The van der Waals surface area contributed by atoms with Gasteiger partial charge in [0.15, 0.2) is 5.78 Å². The number of Topliss-reactive ketones (excluding diaryl/α,β-unsaturated/α-hetero) is 1. The van der Waals surface area contributed by atoms with E-state index in [2.05, 4.69) is 0 Å². The summed E-state index contributed by atoms with van der Waals surface area (Å²) in [5.74, 6) is -0.0753. The monoisotopic (exact) mass is 299 g/mol. The van der Waals surface area contributed by atoms with Gasteiger partial charge in [0.25, 0.3) is 0 Å². The highest BCUT2D eigenvalue weighted by molar-refractivity contribution is 6.17. The van der Waals surface area contributed by atoms with Gasteiger partial charge in [-0.05, 0) is 30.7 Å². The molecule has 0 fully saturated rings. The number of ketones is 1. The molecular weight excluding hydrogens is 282 g/mol. The van der Waals surface area contributed by atoms with Crippen LogP contribution in [-0.4, -0.2) is 29.4 Å². The Hall–Kier alpha value is -2.40. The first kappa shape index (κ1) is 14.5. The fourth-order valence-electron chi connectivity index (χ4n) is 3.14. The average molecular weight is 299 g/mol. The van der Waals surface area contributed by atoms with Crippen LogP contribution >= 0.6 is 0 Å². The highest BCUT2D eigenvalue weighted by atomic mass is 16.3. The SMILES string of the molecule is CC(=O)N1c2ccccc2C(=O)[C@H]1[C@@H](CCO)c1ccco1. The Morgan fingerprint density at radius 3 is 2.73 bits per heavy atom. The molecule has 3 rings (SSSR count). The van der Waals surface area contributed by atoms with Gasteiger partial charge in [-0.2, -0.15) is 0 Å². The van der Waals surface area contributed by atoms with Crippen LogP contribution < -0.4 is 4.90 Å². The zero-order chi connectivity index (χ0) is 15.7. The van der Waals surface area contributed by atoms with Gasteiger partial charge in [0, 0.05) is 25.0 Å². The molecule has 1 aliphatic rings. The van der Waals surface area contributed by atoms with E-state index in [-0.39, 0.29) is 24.2 Å². The van der Waals surface area contributed by atoms with E-state index in [0.29, 0.717) is 23.4 Å². The zero-order valence-electron chi connectivity index (χ0n) is 12.2. The van der Waals surface area contributed by atoms with Crippen molar-refractivity contribution in [2.75, 3.05) is 11.5 Å². The molecule has 0 aliphatic carbocycles. The number of nitrogens with zero attached hydrogens (tertiary/aromatic N) is 1. The predicted octanol–water partition coefficient (Wildman–Crippen LogP) is 2.36. The molecule has 5 nitrogen and oxygen atoms in total. The van der Waals surface area contributed by atoms with Crippen molar-refractivity contribution in [3.05, 3.63) is 54.0 Å². The molecule has 5 heteroatoms. The van der Waals surface area contributed by atoms with Crippen molar-refractivity contribution in [2.24, 2.45) is 0 Å². The molecule has 1 aromatic carbocycles.